The van der Waals surface area contributed by atoms with Crippen LogP contribution in [0.25, 0.3) is 10.9 Å². The Kier molecular flexibility index (Phi) is 1.82. The van der Waals surface area contributed by atoms with Crippen LogP contribution in [0.1, 0.15) is 11.7 Å². The van der Waals surface area contributed by atoms with Gasteiger partial charge in [0.25, 0.3) is 0 Å². The molecule has 1 aliphatic rings. The molecule has 1 aromatic carbocycles. The van der Waals surface area contributed by atoms with Crippen molar-refractivity contribution in [2.24, 2.45) is 5.73 Å². The molecule has 0 saturated heterocycles. The van der Waals surface area contributed by atoms with E-state index in [1.807, 2.05) is 24.3 Å². The third-order valence-corrected chi connectivity index (χ3v) is 2.84. The number of fused-ring (bicyclic) bond motifs is 3. The number of halogens is 1. The van der Waals surface area contributed by atoms with Crippen LogP contribution >= 0.6 is 11.6 Å². The van der Waals surface area contributed by atoms with E-state index in [9.17, 15) is 0 Å². The summed E-state index contributed by atoms with van der Waals surface area (Å²) in [6.07, 6.45) is -0.301. The van der Waals surface area contributed by atoms with E-state index in [4.69, 9.17) is 17.3 Å². The van der Waals surface area contributed by atoms with Crippen LogP contribution in [0.15, 0.2) is 24.3 Å². The molecule has 0 fully saturated rings. The van der Waals surface area contributed by atoms with E-state index in [2.05, 4.69) is 15.8 Å². The number of pyridine rings is 1. The summed E-state index contributed by atoms with van der Waals surface area (Å²) in [7, 11) is 0. The molecule has 1 unspecified atom stereocenters. The molecule has 0 amide bonds. The highest BCUT2D eigenvalue weighted by molar-refractivity contribution is 6.31. The van der Waals surface area contributed by atoms with Crippen molar-refractivity contribution in [3.63, 3.8) is 0 Å². The second kappa shape index (κ2) is 3.06. The number of benzene rings is 1. The molecule has 76 valence electrons. The van der Waals surface area contributed by atoms with Crippen LogP contribution in [0.5, 0.6) is 0 Å². The van der Waals surface area contributed by atoms with Crippen molar-refractivity contribution >= 4 is 28.2 Å². The fourth-order valence-corrected chi connectivity index (χ4v) is 2.14. The van der Waals surface area contributed by atoms with Crippen LogP contribution in [-0.4, -0.2) is 4.98 Å². The highest BCUT2D eigenvalue weighted by Crippen LogP contribution is 2.36. The SMILES string of the molecule is NC1NNc2c1c(Cl)nc1ccccc21. The lowest BCUT2D eigenvalue weighted by atomic mass is 10.1. The Morgan fingerprint density at radius 2 is 2.13 bits per heavy atom. The van der Waals surface area contributed by atoms with E-state index in [0.29, 0.717) is 5.15 Å². The average Bonchev–Trinajstić information content (AvgIpc) is 2.62. The Morgan fingerprint density at radius 1 is 1.33 bits per heavy atom. The number of nitrogens with two attached hydrogens (primary N) is 1. The molecule has 0 aliphatic carbocycles. The van der Waals surface area contributed by atoms with Gasteiger partial charge in [-0.1, -0.05) is 29.8 Å². The van der Waals surface area contributed by atoms with E-state index >= 15 is 0 Å². The van der Waals surface area contributed by atoms with Crippen molar-refractivity contribution in [2.75, 3.05) is 5.43 Å². The quantitative estimate of drug-likeness (QED) is 0.593. The molecule has 4 nitrogen and oxygen atoms in total. The maximum absolute atomic E-state index is 6.07. The minimum atomic E-state index is -0.301. The minimum Gasteiger partial charge on any atom is -0.319 e. The van der Waals surface area contributed by atoms with Gasteiger partial charge in [0.1, 0.15) is 11.3 Å². The van der Waals surface area contributed by atoms with Gasteiger partial charge < -0.3 is 11.2 Å². The van der Waals surface area contributed by atoms with Gasteiger partial charge >= 0.3 is 0 Å². The summed E-state index contributed by atoms with van der Waals surface area (Å²) in [5, 5.41) is 1.48. The number of nitrogens with one attached hydrogen (secondary N) is 2. The summed E-state index contributed by atoms with van der Waals surface area (Å²) in [5.74, 6) is 0. The Morgan fingerprint density at radius 3 is 3.00 bits per heavy atom. The van der Waals surface area contributed by atoms with Gasteiger partial charge in [-0.25, -0.2) is 10.4 Å². The third-order valence-electron chi connectivity index (χ3n) is 2.55. The van der Waals surface area contributed by atoms with Crippen molar-refractivity contribution < 1.29 is 0 Å². The summed E-state index contributed by atoms with van der Waals surface area (Å²) in [6, 6.07) is 7.81. The van der Waals surface area contributed by atoms with Gasteiger partial charge in [-0.2, -0.15) is 0 Å². The maximum atomic E-state index is 6.07. The number of hydrogen-bond donors (Lipinski definition) is 3. The topological polar surface area (TPSA) is 63.0 Å². The first-order valence-electron chi connectivity index (χ1n) is 4.62. The van der Waals surface area contributed by atoms with Crippen molar-refractivity contribution in [3.05, 3.63) is 35.0 Å². The average molecular weight is 221 g/mol. The summed E-state index contributed by atoms with van der Waals surface area (Å²) in [4.78, 5) is 4.30. The zero-order valence-corrected chi connectivity index (χ0v) is 8.55. The van der Waals surface area contributed by atoms with Crippen molar-refractivity contribution in [1.29, 1.82) is 0 Å². The van der Waals surface area contributed by atoms with Crippen LogP contribution in [0, 0.1) is 0 Å². The summed E-state index contributed by atoms with van der Waals surface area (Å²) in [6.45, 7) is 0. The zero-order chi connectivity index (χ0) is 10.4. The lowest BCUT2D eigenvalue weighted by molar-refractivity contribution is 0.654. The van der Waals surface area contributed by atoms with Gasteiger partial charge in [0.05, 0.1) is 11.2 Å². The predicted molar refractivity (Wildman–Crippen MR) is 60.4 cm³/mol. The number of anilines is 1. The molecule has 2 heterocycles. The molecule has 5 heteroatoms. The van der Waals surface area contributed by atoms with E-state index < -0.39 is 0 Å². The Labute approximate surface area is 91.4 Å². The van der Waals surface area contributed by atoms with Crippen molar-refractivity contribution in [2.45, 2.75) is 6.17 Å². The second-order valence-electron chi connectivity index (χ2n) is 3.46. The molecule has 15 heavy (non-hydrogen) atoms. The van der Waals surface area contributed by atoms with Crippen LogP contribution < -0.4 is 16.6 Å². The van der Waals surface area contributed by atoms with Gasteiger partial charge in [0.2, 0.25) is 0 Å². The first-order chi connectivity index (χ1) is 7.27. The predicted octanol–water partition coefficient (Wildman–Crippen LogP) is 1.78. The second-order valence-corrected chi connectivity index (χ2v) is 3.81. The maximum Gasteiger partial charge on any atom is 0.138 e. The number of aromatic nitrogens is 1. The lowest BCUT2D eigenvalue weighted by Crippen LogP contribution is -2.25. The van der Waals surface area contributed by atoms with Gasteiger partial charge in [-0.3, -0.25) is 0 Å². The van der Waals surface area contributed by atoms with Gasteiger partial charge in [-0.05, 0) is 6.07 Å². The Balaban J connectivity index is 2.43. The van der Waals surface area contributed by atoms with E-state index in [-0.39, 0.29) is 6.17 Å². The molecule has 4 N–H and O–H groups in total. The summed E-state index contributed by atoms with van der Waals surface area (Å²) >= 11 is 6.07. The Bertz CT molecular complexity index is 540. The number of rotatable bonds is 0. The van der Waals surface area contributed by atoms with Crippen LogP contribution in [0.2, 0.25) is 5.15 Å². The largest absolute Gasteiger partial charge is 0.319 e. The first kappa shape index (κ1) is 8.91. The van der Waals surface area contributed by atoms with E-state index in [0.717, 1.165) is 22.2 Å². The third kappa shape index (κ3) is 1.19. The molecular weight excluding hydrogens is 212 g/mol. The fraction of sp³-hybridized carbons (Fsp3) is 0.100. The Hall–Kier alpha value is -1.36. The zero-order valence-electron chi connectivity index (χ0n) is 7.79. The smallest absolute Gasteiger partial charge is 0.138 e. The first-order valence-corrected chi connectivity index (χ1v) is 5.00. The molecule has 1 aliphatic heterocycles. The lowest BCUT2D eigenvalue weighted by Gasteiger charge is -2.06. The highest BCUT2D eigenvalue weighted by Gasteiger charge is 2.24. The van der Waals surface area contributed by atoms with Gasteiger partial charge in [0.15, 0.2) is 0 Å². The van der Waals surface area contributed by atoms with Crippen molar-refractivity contribution in [3.8, 4) is 0 Å². The fourth-order valence-electron chi connectivity index (χ4n) is 1.84. The molecule has 0 spiro atoms. The number of nitrogens with zero attached hydrogens (tertiary/aromatic N) is 1. The summed E-state index contributed by atoms with van der Waals surface area (Å²) in [5.41, 5.74) is 14.4. The highest BCUT2D eigenvalue weighted by atomic mass is 35.5. The van der Waals surface area contributed by atoms with Crippen molar-refractivity contribution in [1.82, 2.24) is 10.4 Å². The number of para-hydroxylation sites is 1. The number of hydrazine groups is 1. The minimum absolute atomic E-state index is 0.301. The van der Waals surface area contributed by atoms with Gasteiger partial charge in [-0.15, -0.1) is 0 Å². The monoisotopic (exact) mass is 220 g/mol. The molecular formula is C10H9ClN4. The van der Waals surface area contributed by atoms with Crippen LogP contribution in [-0.2, 0) is 0 Å². The molecule has 2 aromatic rings. The normalized spacial score (nSPS) is 18.9. The van der Waals surface area contributed by atoms with E-state index in [1.165, 1.54) is 0 Å². The summed E-state index contributed by atoms with van der Waals surface area (Å²) < 4.78 is 0. The van der Waals surface area contributed by atoms with Gasteiger partial charge in [0, 0.05) is 10.9 Å². The molecule has 0 radical (unpaired) electrons. The van der Waals surface area contributed by atoms with Crippen LogP contribution in [0.3, 0.4) is 0 Å². The molecule has 1 atom stereocenters. The standard InChI is InChI=1S/C10H9ClN4/c11-9-7-8(14-15-10(7)12)5-3-1-2-4-6(5)13-9/h1-4,10,14-15H,12H2. The molecule has 1 aromatic heterocycles. The van der Waals surface area contributed by atoms with E-state index in [1.54, 1.807) is 0 Å². The van der Waals surface area contributed by atoms with Crippen LogP contribution in [0.4, 0.5) is 5.69 Å². The molecule has 0 saturated carbocycles. The molecule has 3 rings (SSSR count). The molecule has 0 bridgehead atoms. The number of hydrogen-bond acceptors (Lipinski definition) is 4.